The molecule has 2 aliphatic heterocycles. The number of carbonyl (C=O) groups excluding carboxylic acids is 3. The number of hydrogen-bond donors (Lipinski definition) is 2. The van der Waals surface area contributed by atoms with E-state index in [2.05, 4.69) is 10.6 Å². The Hall–Kier alpha value is -2.08. The summed E-state index contributed by atoms with van der Waals surface area (Å²) >= 11 is 5.83. The summed E-state index contributed by atoms with van der Waals surface area (Å²) in [7, 11) is 0. The first-order valence-corrected chi connectivity index (χ1v) is 8.95. The number of nitrogens with one attached hydrogen (secondary N) is 2. The standard InChI is InChI=1S/C18H22ClN3O3/c1-3-10(2)15-18(25)22-9-13(8-14(22)17(24)21-15)20-16(23)11-4-6-12(19)7-5-11/h4-7,10,13-15H,3,8-9H2,1-2H3,(H,20,23)(H,21,24)/t10-,13-,14-,15-/m0/s1. The lowest BCUT2D eigenvalue weighted by Gasteiger charge is -2.36. The van der Waals surface area contributed by atoms with Gasteiger partial charge in [-0.25, -0.2) is 0 Å². The molecule has 4 atom stereocenters. The van der Waals surface area contributed by atoms with Crippen LogP contribution in [0.3, 0.4) is 0 Å². The van der Waals surface area contributed by atoms with Gasteiger partial charge in [-0.05, 0) is 36.6 Å². The Labute approximate surface area is 151 Å². The highest BCUT2D eigenvalue weighted by Gasteiger charge is 2.47. The molecule has 1 aromatic rings. The molecule has 3 amide bonds. The van der Waals surface area contributed by atoms with E-state index in [-0.39, 0.29) is 29.7 Å². The van der Waals surface area contributed by atoms with Crippen molar-refractivity contribution in [1.82, 2.24) is 15.5 Å². The molecule has 0 saturated carbocycles. The van der Waals surface area contributed by atoms with Crippen LogP contribution in [0.1, 0.15) is 37.0 Å². The van der Waals surface area contributed by atoms with Crippen molar-refractivity contribution in [3.05, 3.63) is 34.9 Å². The second-order valence-corrected chi connectivity index (χ2v) is 7.23. The first kappa shape index (κ1) is 17.7. The Morgan fingerprint density at radius 2 is 2.04 bits per heavy atom. The zero-order chi connectivity index (χ0) is 18.1. The van der Waals surface area contributed by atoms with Gasteiger partial charge < -0.3 is 15.5 Å². The van der Waals surface area contributed by atoms with Gasteiger partial charge in [-0.3, -0.25) is 14.4 Å². The lowest BCUT2D eigenvalue weighted by atomic mass is 9.95. The number of nitrogens with zero attached hydrogens (tertiary/aromatic N) is 1. The molecule has 7 heteroatoms. The predicted octanol–water partition coefficient (Wildman–Crippen LogP) is 1.58. The Bertz CT molecular complexity index is 691. The van der Waals surface area contributed by atoms with Crippen molar-refractivity contribution in [2.24, 2.45) is 5.92 Å². The van der Waals surface area contributed by atoms with E-state index in [1.54, 1.807) is 29.2 Å². The van der Waals surface area contributed by atoms with Gasteiger partial charge in [0, 0.05) is 23.2 Å². The van der Waals surface area contributed by atoms with Crippen LogP contribution in [0.15, 0.2) is 24.3 Å². The summed E-state index contributed by atoms with van der Waals surface area (Å²) in [5.41, 5.74) is 0.502. The molecule has 0 radical (unpaired) electrons. The van der Waals surface area contributed by atoms with Crippen LogP contribution in [-0.4, -0.2) is 47.3 Å². The molecule has 0 spiro atoms. The van der Waals surface area contributed by atoms with Gasteiger partial charge in [0.2, 0.25) is 11.8 Å². The van der Waals surface area contributed by atoms with E-state index in [9.17, 15) is 14.4 Å². The van der Waals surface area contributed by atoms with Gasteiger partial charge in [-0.15, -0.1) is 0 Å². The SMILES string of the molecule is CC[C@H](C)[C@@H]1NC(=O)[C@@H]2C[C@H](NC(=O)c3ccc(Cl)cc3)CN2C1=O. The van der Waals surface area contributed by atoms with Crippen molar-refractivity contribution in [3.63, 3.8) is 0 Å². The summed E-state index contributed by atoms with van der Waals surface area (Å²) in [4.78, 5) is 39.0. The van der Waals surface area contributed by atoms with Gasteiger partial charge in [0.25, 0.3) is 5.91 Å². The minimum atomic E-state index is -0.497. The highest BCUT2D eigenvalue weighted by atomic mass is 35.5. The molecule has 3 rings (SSSR count). The molecule has 2 fully saturated rings. The van der Waals surface area contributed by atoms with Gasteiger partial charge in [-0.1, -0.05) is 31.9 Å². The van der Waals surface area contributed by atoms with Gasteiger partial charge >= 0.3 is 0 Å². The Morgan fingerprint density at radius 3 is 2.68 bits per heavy atom. The Kier molecular flexibility index (Phi) is 4.99. The Morgan fingerprint density at radius 1 is 1.36 bits per heavy atom. The maximum absolute atomic E-state index is 12.7. The number of piperazine rings is 1. The number of carbonyl (C=O) groups is 3. The molecule has 2 heterocycles. The highest BCUT2D eigenvalue weighted by Crippen LogP contribution is 2.26. The normalized spacial score (nSPS) is 26.8. The van der Waals surface area contributed by atoms with Crippen molar-refractivity contribution in [3.8, 4) is 0 Å². The number of fused-ring (bicyclic) bond motifs is 1. The van der Waals surface area contributed by atoms with Crippen LogP contribution in [0.25, 0.3) is 0 Å². The predicted molar refractivity (Wildman–Crippen MR) is 94.2 cm³/mol. The van der Waals surface area contributed by atoms with Crippen molar-refractivity contribution in [2.45, 2.75) is 44.8 Å². The second kappa shape index (κ2) is 7.04. The fourth-order valence-corrected chi connectivity index (χ4v) is 3.54. The molecule has 2 saturated heterocycles. The topological polar surface area (TPSA) is 78.5 Å². The lowest BCUT2D eigenvalue weighted by Crippen LogP contribution is -2.62. The van der Waals surface area contributed by atoms with Crippen molar-refractivity contribution < 1.29 is 14.4 Å². The average molecular weight is 364 g/mol. The smallest absolute Gasteiger partial charge is 0.251 e. The largest absolute Gasteiger partial charge is 0.347 e. The van der Waals surface area contributed by atoms with Crippen LogP contribution in [-0.2, 0) is 9.59 Å². The van der Waals surface area contributed by atoms with Gasteiger partial charge in [0.15, 0.2) is 0 Å². The number of hydrogen-bond acceptors (Lipinski definition) is 3. The minimum absolute atomic E-state index is 0.0535. The van der Waals surface area contributed by atoms with Gasteiger partial charge in [0.05, 0.1) is 0 Å². The van der Waals surface area contributed by atoms with Crippen LogP contribution in [0.5, 0.6) is 0 Å². The first-order valence-electron chi connectivity index (χ1n) is 8.58. The first-order chi connectivity index (χ1) is 11.9. The zero-order valence-corrected chi connectivity index (χ0v) is 15.0. The van der Waals surface area contributed by atoms with Crippen molar-refractivity contribution >= 4 is 29.3 Å². The maximum Gasteiger partial charge on any atom is 0.251 e. The summed E-state index contributed by atoms with van der Waals surface area (Å²) in [6, 6.07) is 5.40. The monoisotopic (exact) mass is 363 g/mol. The molecular weight excluding hydrogens is 342 g/mol. The van der Waals surface area contributed by atoms with Crippen molar-refractivity contribution in [2.75, 3.05) is 6.54 Å². The lowest BCUT2D eigenvalue weighted by molar-refractivity contribution is -0.148. The van der Waals surface area contributed by atoms with E-state index in [1.165, 1.54) is 0 Å². The minimum Gasteiger partial charge on any atom is -0.347 e. The molecule has 0 aliphatic carbocycles. The quantitative estimate of drug-likeness (QED) is 0.852. The highest BCUT2D eigenvalue weighted by molar-refractivity contribution is 6.30. The fourth-order valence-electron chi connectivity index (χ4n) is 3.41. The van der Waals surface area contributed by atoms with Gasteiger partial charge in [0.1, 0.15) is 12.1 Å². The third kappa shape index (κ3) is 3.49. The molecule has 0 aromatic heterocycles. The van der Waals surface area contributed by atoms with E-state index in [1.807, 2.05) is 13.8 Å². The summed E-state index contributed by atoms with van der Waals surface area (Å²) in [5, 5.41) is 6.32. The van der Waals surface area contributed by atoms with E-state index in [0.717, 1.165) is 6.42 Å². The summed E-state index contributed by atoms with van der Waals surface area (Å²) in [5.74, 6) is -0.330. The molecule has 1 aromatic carbocycles. The van der Waals surface area contributed by atoms with E-state index >= 15 is 0 Å². The van der Waals surface area contributed by atoms with Crippen LogP contribution in [0.4, 0.5) is 0 Å². The van der Waals surface area contributed by atoms with Crippen LogP contribution >= 0.6 is 11.6 Å². The third-order valence-corrected chi connectivity index (χ3v) is 5.36. The van der Waals surface area contributed by atoms with E-state index < -0.39 is 12.1 Å². The van der Waals surface area contributed by atoms with Crippen molar-refractivity contribution in [1.29, 1.82) is 0 Å². The molecular formula is C18H22ClN3O3. The summed E-state index contributed by atoms with van der Waals surface area (Å²) in [6.45, 7) is 4.32. The van der Waals surface area contributed by atoms with Crippen LogP contribution in [0, 0.1) is 5.92 Å². The number of rotatable bonds is 4. The number of benzene rings is 1. The van der Waals surface area contributed by atoms with Gasteiger partial charge in [-0.2, -0.15) is 0 Å². The maximum atomic E-state index is 12.7. The van der Waals surface area contributed by atoms with Crippen LogP contribution in [0.2, 0.25) is 5.02 Å². The van der Waals surface area contributed by atoms with E-state index in [4.69, 9.17) is 11.6 Å². The second-order valence-electron chi connectivity index (χ2n) is 6.79. The average Bonchev–Trinajstić information content (AvgIpc) is 3.02. The third-order valence-electron chi connectivity index (χ3n) is 5.11. The molecule has 0 unspecified atom stereocenters. The molecule has 6 nitrogen and oxygen atoms in total. The number of halogens is 1. The molecule has 134 valence electrons. The molecule has 0 bridgehead atoms. The summed E-state index contributed by atoms with van der Waals surface area (Å²) in [6.07, 6.45) is 1.25. The Balaban J connectivity index is 1.68. The summed E-state index contributed by atoms with van der Waals surface area (Å²) < 4.78 is 0. The fraction of sp³-hybridized carbons (Fsp3) is 0.500. The molecule has 2 aliphatic rings. The zero-order valence-electron chi connectivity index (χ0n) is 14.3. The molecule has 2 N–H and O–H groups in total. The van der Waals surface area contributed by atoms with Crippen LogP contribution < -0.4 is 10.6 Å². The van der Waals surface area contributed by atoms with E-state index in [0.29, 0.717) is 23.6 Å². The molecule has 25 heavy (non-hydrogen) atoms. The number of amides is 3.